The van der Waals surface area contributed by atoms with Gasteiger partial charge in [-0.2, -0.15) is 0 Å². The van der Waals surface area contributed by atoms with Gasteiger partial charge in [0.1, 0.15) is 5.69 Å². The van der Waals surface area contributed by atoms with E-state index in [9.17, 15) is 4.79 Å². The van der Waals surface area contributed by atoms with Gasteiger partial charge >= 0.3 is 0 Å². The van der Waals surface area contributed by atoms with Crippen molar-refractivity contribution in [1.29, 1.82) is 0 Å². The molecule has 5 heteroatoms. The zero-order chi connectivity index (χ0) is 15.4. The first-order valence-electron chi connectivity index (χ1n) is 7.59. The Morgan fingerprint density at radius 2 is 2.27 bits per heavy atom. The summed E-state index contributed by atoms with van der Waals surface area (Å²) in [5.74, 6) is 1.49. The number of halogens is 1. The van der Waals surface area contributed by atoms with E-state index in [1.165, 1.54) is 6.42 Å². The number of carbonyl (C=O) groups is 1. The molecule has 0 spiro atoms. The number of aryl methyl sites for hydroxylation is 1. The predicted molar refractivity (Wildman–Crippen MR) is 89.4 cm³/mol. The summed E-state index contributed by atoms with van der Waals surface area (Å²) in [6.45, 7) is 4.99. The highest BCUT2D eigenvalue weighted by molar-refractivity contribution is 7.15. The van der Waals surface area contributed by atoms with Crippen LogP contribution in [0.1, 0.15) is 28.8 Å². The Hall–Kier alpha value is -1.39. The van der Waals surface area contributed by atoms with E-state index < -0.39 is 0 Å². The van der Waals surface area contributed by atoms with Gasteiger partial charge in [-0.3, -0.25) is 4.79 Å². The molecule has 3 nitrogen and oxygen atoms in total. The molecule has 1 aromatic heterocycles. The van der Waals surface area contributed by atoms with Crippen molar-refractivity contribution in [3.05, 3.63) is 40.0 Å². The summed E-state index contributed by atoms with van der Waals surface area (Å²) in [5, 5.41) is 1.59. The van der Waals surface area contributed by atoms with Gasteiger partial charge in [-0.15, -0.1) is 11.3 Å². The van der Waals surface area contributed by atoms with E-state index in [1.807, 2.05) is 36.1 Å². The average molecular weight is 333 g/mol. The summed E-state index contributed by atoms with van der Waals surface area (Å²) < 4.78 is 0. The molecular formula is C17H17ClN2OS. The summed E-state index contributed by atoms with van der Waals surface area (Å²) in [4.78, 5) is 20.4. The number of hydrogen-bond donors (Lipinski definition) is 0. The van der Waals surface area contributed by atoms with Gasteiger partial charge in [0.05, 0.1) is 9.88 Å². The number of fused-ring (bicyclic) bond motifs is 1. The Bertz CT molecular complexity index is 757. The summed E-state index contributed by atoms with van der Waals surface area (Å²) in [5.41, 5.74) is 1.55. The van der Waals surface area contributed by atoms with Crippen LogP contribution >= 0.6 is 22.9 Å². The largest absolute Gasteiger partial charge is 0.334 e. The fraction of sp³-hybridized carbons (Fsp3) is 0.412. The summed E-state index contributed by atoms with van der Waals surface area (Å²) in [6.07, 6.45) is 1.28. The molecule has 22 heavy (non-hydrogen) atoms. The highest BCUT2D eigenvalue weighted by Crippen LogP contribution is 2.50. The minimum atomic E-state index is 0.0685. The van der Waals surface area contributed by atoms with Gasteiger partial charge in [0.25, 0.3) is 5.91 Å². The molecule has 3 atom stereocenters. The Kier molecular flexibility index (Phi) is 3.27. The van der Waals surface area contributed by atoms with Crippen LogP contribution < -0.4 is 0 Å². The Morgan fingerprint density at radius 3 is 2.95 bits per heavy atom. The van der Waals surface area contributed by atoms with Crippen molar-refractivity contribution < 1.29 is 4.79 Å². The minimum absolute atomic E-state index is 0.0685. The van der Waals surface area contributed by atoms with Crippen molar-refractivity contribution in [2.75, 3.05) is 6.54 Å². The second kappa shape index (κ2) is 5.07. The van der Waals surface area contributed by atoms with Gasteiger partial charge in [-0.05, 0) is 49.8 Å². The van der Waals surface area contributed by atoms with E-state index in [-0.39, 0.29) is 5.91 Å². The Balaban J connectivity index is 1.71. The molecule has 0 N–H and O–H groups in total. The number of rotatable bonds is 2. The first kappa shape index (κ1) is 14.2. The highest BCUT2D eigenvalue weighted by Gasteiger charge is 2.52. The van der Waals surface area contributed by atoms with Crippen molar-refractivity contribution in [3.63, 3.8) is 0 Å². The second-order valence-corrected chi connectivity index (χ2v) is 7.92. The molecule has 1 aromatic carbocycles. The average Bonchev–Trinajstić information content (AvgIpc) is 3.05. The summed E-state index contributed by atoms with van der Waals surface area (Å²) in [7, 11) is 0. The van der Waals surface area contributed by atoms with Crippen LogP contribution in [0, 0.1) is 18.8 Å². The maximum atomic E-state index is 13.0. The third kappa shape index (κ3) is 2.25. The van der Waals surface area contributed by atoms with Gasteiger partial charge < -0.3 is 4.90 Å². The molecule has 2 fully saturated rings. The van der Waals surface area contributed by atoms with Crippen LogP contribution in [0.4, 0.5) is 0 Å². The van der Waals surface area contributed by atoms with Crippen LogP contribution in [0.2, 0.25) is 5.02 Å². The summed E-state index contributed by atoms with van der Waals surface area (Å²) in [6, 6.07) is 7.98. The topological polar surface area (TPSA) is 33.2 Å². The number of benzene rings is 1. The molecule has 2 aromatic rings. The van der Waals surface area contributed by atoms with Crippen molar-refractivity contribution in [2.24, 2.45) is 11.8 Å². The van der Waals surface area contributed by atoms with E-state index in [0.717, 1.165) is 22.0 Å². The van der Waals surface area contributed by atoms with E-state index in [2.05, 4.69) is 11.9 Å². The van der Waals surface area contributed by atoms with Crippen LogP contribution in [0.5, 0.6) is 0 Å². The molecule has 0 bridgehead atoms. The van der Waals surface area contributed by atoms with Crippen molar-refractivity contribution in [1.82, 2.24) is 9.88 Å². The Morgan fingerprint density at radius 1 is 1.45 bits per heavy atom. The van der Waals surface area contributed by atoms with Crippen LogP contribution in [0.15, 0.2) is 24.3 Å². The lowest BCUT2D eigenvalue weighted by molar-refractivity contribution is 0.0715. The quantitative estimate of drug-likeness (QED) is 0.823. The lowest BCUT2D eigenvalue weighted by atomic mass is 10.1. The fourth-order valence-electron chi connectivity index (χ4n) is 3.52. The lowest BCUT2D eigenvalue weighted by Gasteiger charge is -2.24. The van der Waals surface area contributed by atoms with Crippen molar-refractivity contribution in [3.8, 4) is 10.4 Å². The minimum Gasteiger partial charge on any atom is -0.334 e. The van der Waals surface area contributed by atoms with E-state index in [0.29, 0.717) is 28.6 Å². The molecule has 2 aliphatic rings. The number of aromatic nitrogens is 1. The van der Waals surface area contributed by atoms with Gasteiger partial charge in [-0.1, -0.05) is 23.7 Å². The maximum absolute atomic E-state index is 13.0. The smallest absolute Gasteiger partial charge is 0.274 e. The third-order valence-electron chi connectivity index (χ3n) is 4.80. The molecule has 4 rings (SSSR count). The number of piperidine rings is 1. The second-order valence-electron chi connectivity index (χ2n) is 6.28. The van der Waals surface area contributed by atoms with E-state index >= 15 is 0 Å². The van der Waals surface area contributed by atoms with Crippen LogP contribution in [0.25, 0.3) is 10.4 Å². The third-order valence-corrected chi connectivity index (χ3v) is 6.06. The molecule has 114 valence electrons. The van der Waals surface area contributed by atoms with Crippen molar-refractivity contribution in [2.45, 2.75) is 26.3 Å². The maximum Gasteiger partial charge on any atom is 0.274 e. The molecule has 1 saturated heterocycles. The van der Waals surface area contributed by atoms with Crippen LogP contribution in [0.3, 0.4) is 0 Å². The van der Waals surface area contributed by atoms with Crippen LogP contribution in [-0.2, 0) is 0 Å². The van der Waals surface area contributed by atoms with Crippen LogP contribution in [-0.4, -0.2) is 28.4 Å². The van der Waals surface area contributed by atoms with Crippen molar-refractivity contribution >= 4 is 28.8 Å². The molecule has 1 amide bonds. The monoisotopic (exact) mass is 332 g/mol. The normalized spacial score (nSPS) is 26.1. The molecule has 1 aliphatic carbocycles. The number of thiazole rings is 1. The number of amides is 1. The standard InChI is InChI=1S/C17H17ClN2OS/c1-9-14-7-12(14)8-20(9)17(21)15-16(22-10(2)19-15)11-4-3-5-13(18)6-11/h3-6,9,12,14H,7-8H2,1-2H3/t9-,12-,14+/m0/s1. The first-order valence-corrected chi connectivity index (χ1v) is 8.78. The van der Waals surface area contributed by atoms with Gasteiger partial charge in [0.15, 0.2) is 0 Å². The number of hydrogen-bond acceptors (Lipinski definition) is 3. The van der Waals surface area contributed by atoms with Gasteiger partial charge in [-0.25, -0.2) is 4.98 Å². The lowest BCUT2D eigenvalue weighted by Crippen LogP contribution is -2.37. The number of likely N-dealkylation sites (tertiary alicyclic amines) is 1. The van der Waals surface area contributed by atoms with E-state index in [4.69, 9.17) is 11.6 Å². The molecule has 1 saturated carbocycles. The predicted octanol–water partition coefficient (Wildman–Crippen LogP) is 4.25. The molecular weight excluding hydrogens is 316 g/mol. The fourth-order valence-corrected chi connectivity index (χ4v) is 4.62. The SMILES string of the molecule is Cc1nc(C(=O)N2C[C@@H]3C[C@@H]3[C@@H]2C)c(-c2cccc(Cl)c2)s1. The molecule has 0 unspecified atom stereocenters. The summed E-state index contributed by atoms with van der Waals surface area (Å²) >= 11 is 7.66. The zero-order valence-electron chi connectivity index (χ0n) is 12.5. The molecule has 0 radical (unpaired) electrons. The Labute approximate surface area is 138 Å². The first-order chi connectivity index (χ1) is 10.5. The zero-order valence-corrected chi connectivity index (χ0v) is 14.1. The number of carbonyl (C=O) groups excluding carboxylic acids is 1. The highest BCUT2D eigenvalue weighted by atomic mass is 35.5. The van der Waals surface area contributed by atoms with Gasteiger partial charge in [0.2, 0.25) is 0 Å². The van der Waals surface area contributed by atoms with Gasteiger partial charge in [0, 0.05) is 17.6 Å². The number of nitrogens with zero attached hydrogens (tertiary/aromatic N) is 2. The molecule has 2 heterocycles. The molecule has 1 aliphatic heterocycles. The van der Waals surface area contributed by atoms with E-state index in [1.54, 1.807) is 11.3 Å².